The van der Waals surface area contributed by atoms with Crippen molar-refractivity contribution >= 4 is 41.3 Å². The van der Waals surface area contributed by atoms with E-state index in [9.17, 15) is 0 Å². The Morgan fingerprint density at radius 2 is 1.94 bits per heavy atom. The van der Waals surface area contributed by atoms with Gasteiger partial charge in [-0.2, -0.15) is 11.3 Å². The molecule has 0 spiro atoms. The fourth-order valence-electron chi connectivity index (χ4n) is 5.13. The standard InChI is InChI=1S/C23H39N5OS.HI/c1-2-24-22(25-19-23(8-14-29-15-9-23)28-10-3-4-11-28)26-21-5-12-27(13-6-21)17-20-7-16-30-18-20;/h7,16,18,21H,2-6,8-15,17,19H2,1H3,(H2,24,25,26);1H. The number of nitrogens with one attached hydrogen (secondary N) is 2. The van der Waals surface area contributed by atoms with E-state index in [-0.39, 0.29) is 29.5 Å². The summed E-state index contributed by atoms with van der Waals surface area (Å²) >= 11 is 1.79. The number of likely N-dealkylation sites (tertiary alicyclic amines) is 2. The highest BCUT2D eigenvalue weighted by Gasteiger charge is 2.39. The van der Waals surface area contributed by atoms with Gasteiger partial charge in [-0.15, -0.1) is 24.0 Å². The van der Waals surface area contributed by atoms with Crippen molar-refractivity contribution in [2.24, 2.45) is 4.99 Å². The van der Waals surface area contributed by atoms with Crippen molar-refractivity contribution in [1.82, 2.24) is 20.4 Å². The molecule has 0 radical (unpaired) electrons. The maximum atomic E-state index is 5.70. The van der Waals surface area contributed by atoms with Crippen LogP contribution in [0, 0.1) is 0 Å². The van der Waals surface area contributed by atoms with E-state index in [4.69, 9.17) is 9.73 Å². The number of piperidine rings is 1. The maximum Gasteiger partial charge on any atom is 0.191 e. The van der Waals surface area contributed by atoms with Gasteiger partial charge in [0.15, 0.2) is 5.96 Å². The highest BCUT2D eigenvalue weighted by molar-refractivity contribution is 14.0. The number of halogens is 1. The SMILES string of the molecule is CCNC(=NCC1(N2CCCC2)CCOCC1)NC1CCN(Cc2ccsc2)CC1.I. The average Bonchev–Trinajstić information content (AvgIpc) is 3.49. The Morgan fingerprint density at radius 1 is 1.19 bits per heavy atom. The van der Waals surface area contributed by atoms with E-state index in [0.717, 1.165) is 64.7 Å². The second-order valence-corrected chi connectivity index (χ2v) is 9.83. The van der Waals surface area contributed by atoms with Gasteiger partial charge in [-0.25, -0.2) is 0 Å². The van der Waals surface area contributed by atoms with E-state index < -0.39 is 0 Å². The zero-order valence-electron chi connectivity index (χ0n) is 19.0. The van der Waals surface area contributed by atoms with Crippen molar-refractivity contribution in [2.45, 2.75) is 63.6 Å². The summed E-state index contributed by atoms with van der Waals surface area (Å²) in [5, 5.41) is 11.7. The quantitative estimate of drug-likeness (QED) is 0.303. The van der Waals surface area contributed by atoms with E-state index >= 15 is 0 Å². The van der Waals surface area contributed by atoms with Crippen LogP contribution in [-0.4, -0.2) is 79.8 Å². The van der Waals surface area contributed by atoms with E-state index in [1.165, 1.54) is 44.3 Å². The molecule has 3 saturated heterocycles. The van der Waals surface area contributed by atoms with Gasteiger partial charge in [-0.3, -0.25) is 14.8 Å². The average molecular weight is 562 g/mol. The van der Waals surface area contributed by atoms with Crippen LogP contribution in [0.1, 0.15) is 51.0 Å². The molecule has 31 heavy (non-hydrogen) atoms. The van der Waals surface area contributed by atoms with Crippen molar-refractivity contribution in [3.63, 3.8) is 0 Å². The van der Waals surface area contributed by atoms with Gasteiger partial charge in [0, 0.05) is 51.0 Å². The van der Waals surface area contributed by atoms with Gasteiger partial charge >= 0.3 is 0 Å². The van der Waals surface area contributed by atoms with Crippen LogP contribution in [0.25, 0.3) is 0 Å². The molecule has 8 heteroatoms. The Balaban J connectivity index is 0.00000272. The van der Waals surface area contributed by atoms with Gasteiger partial charge in [0.25, 0.3) is 0 Å². The molecule has 3 aliphatic heterocycles. The molecule has 176 valence electrons. The zero-order valence-corrected chi connectivity index (χ0v) is 22.1. The monoisotopic (exact) mass is 561 g/mol. The Kier molecular flexibility index (Phi) is 10.3. The van der Waals surface area contributed by atoms with Crippen LogP contribution >= 0.6 is 35.3 Å². The van der Waals surface area contributed by atoms with Crippen LogP contribution < -0.4 is 10.6 Å². The fraction of sp³-hybridized carbons (Fsp3) is 0.783. The van der Waals surface area contributed by atoms with Crippen LogP contribution in [0.5, 0.6) is 0 Å². The summed E-state index contributed by atoms with van der Waals surface area (Å²) in [6.07, 6.45) is 7.23. The Labute approximate surface area is 209 Å². The lowest BCUT2D eigenvalue weighted by Crippen LogP contribution is -2.54. The summed E-state index contributed by atoms with van der Waals surface area (Å²) in [6.45, 7) is 11.5. The summed E-state index contributed by atoms with van der Waals surface area (Å²) in [7, 11) is 0. The number of guanidine groups is 1. The molecule has 0 bridgehead atoms. The fourth-order valence-corrected chi connectivity index (χ4v) is 5.79. The van der Waals surface area contributed by atoms with E-state index in [1.54, 1.807) is 11.3 Å². The van der Waals surface area contributed by atoms with Gasteiger partial charge < -0.3 is 15.4 Å². The van der Waals surface area contributed by atoms with Gasteiger partial charge in [0.05, 0.1) is 6.54 Å². The summed E-state index contributed by atoms with van der Waals surface area (Å²) in [6, 6.07) is 2.76. The molecular formula is C23H40IN5OS. The van der Waals surface area contributed by atoms with E-state index in [2.05, 4.69) is 44.2 Å². The Morgan fingerprint density at radius 3 is 2.58 bits per heavy atom. The van der Waals surface area contributed by atoms with Gasteiger partial charge in [-0.1, -0.05) is 0 Å². The van der Waals surface area contributed by atoms with Crippen molar-refractivity contribution < 1.29 is 4.74 Å². The minimum Gasteiger partial charge on any atom is -0.381 e. The van der Waals surface area contributed by atoms with Crippen molar-refractivity contribution in [2.75, 3.05) is 52.5 Å². The molecule has 0 aliphatic carbocycles. The number of nitrogens with zero attached hydrogens (tertiary/aromatic N) is 3. The molecule has 0 aromatic carbocycles. The third-order valence-electron chi connectivity index (χ3n) is 6.99. The second-order valence-electron chi connectivity index (χ2n) is 9.05. The smallest absolute Gasteiger partial charge is 0.191 e. The molecule has 4 rings (SSSR count). The summed E-state index contributed by atoms with van der Waals surface area (Å²) in [5.74, 6) is 0.999. The molecule has 4 heterocycles. The normalized spacial score (nSPS) is 23.5. The molecule has 6 nitrogen and oxygen atoms in total. The first-order valence-electron chi connectivity index (χ1n) is 11.9. The van der Waals surface area contributed by atoms with Gasteiger partial charge in [0.2, 0.25) is 0 Å². The number of ether oxygens (including phenoxy) is 1. The largest absolute Gasteiger partial charge is 0.381 e. The summed E-state index contributed by atoms with van der Waals surface area (Å²) < 4.78 is 5.70. The van der Waals surface area contributed by atoms with E-state index in [0.29, 0.717) is 6.04 Å². The predicted molar refractivity (Wildman–Crippen MR) is 141 cm³/mol. The van der Waals surface area contributed by atoms with Crippen LogP contribution in [0.2, 0.25) is 0 Å². The predicted octanol–water partition coefficient (Wildman–Crippen LogP) is 3.53. The minimum absolute atomic E-state index is 0. The van der Waals surface area contributed by atoms with Crippen molar-refractivity contribution in [1.29, 1.82) is 0 Å². The first kappa shape index (κ1) is 25.2. The lowest BCUT2D eigenvalue weighted by Gasteiger charge is -2.43. The maximum absolute atomic E-state index is 5.70. The van der Waals surface area contributed by atoms with Crippen molar-refractivity contribution in [3.05, 3.63) is 22.4 Å². The topological polar surface area (TPSA) is 52.1 Å². The van der Waals surface area contributed by atoms with Crippen molar-refractivity contribution in [3.8, 4) is 0 Å². The molecule has 0 atom stereocenters. The van der Waals surface area contributed by atoms with Crippen LogP contribution in [0.4, 0.5) is 0 Å². The Bertz CT molecular complexity index is 651. The third kappa shape index (κ3) is 7.03. The third-order valence-corrected chi connectivity index (χ3v) is 7.72. The first-order chi connectivity index (χ1) is 14.8. The lowest BCUT2D eigenvalue weighted by molar-refractivity contribution is -0.0139. The number of rotatable bonds is 7. The molecule has 1 aromatic rings. The van der Waals surface area contributed by atoms with Crippen LogP contribution in [0.3, 0.4) is 0 Å². The number of thiophene rings is 1. The Hall–Kier alpha value is -0.420. The molecule has 0 unspecified atom stereocenters. The summed E-state index contributed by atoms with van der Waals surface area (Å²) in [4.78, 5) is 10.4. The molecule has 3 fully saturated rings. The minimum atomic E-state index is 0. The number of aliphatic imine (C=N–C) groups is 1. The lowest BCUT2D eigenvalue weighted by atomic mass is 9.88. The zero-order chi connectivity index (χ0) is 20.7. The van der Waals surface area contributed by atoms with Gasteiger partial charge in [0.1, 0.15) is 0 Å². The molecule has 1 aromatic heterocycles. The molecule has 3 aliphatic rings. The molecular weight excluding hydrogens is 521 g/mol. The van der Waals surface area contributed by atoms with Crippen LogP contribution in [0.15, 0.2) is 21.8 Å². The number of hydrogen-bond donors (Lipinski definition) is 2. The molecule has 0 amide bonds. The van der Waals surface area contributed by atoms with Crippen LogP contribution in [-0.2, 0) is 11.3 Å². The highest BCUT2D eigenvalue weighted by Crippen LogP contribution is 2.31. The van der Waals surface area contributed by atoms with E-state index in [1.807, 2.05) is 0 Å². The summed E-state index contributed by atoms with van der Waals surface area (Å²) in [5.41, 5.74) is 1.64. The second kappa shape index (κ2) is 12.7. The highest BCUT2D eigenvalue weighted by atomic mass is 127. The number of hydrogen-bond acceptors (Lipinski definition) is 5. The molecule has 0 saturated carbocycles. The molecule has 2 N–H and O–H groups in total. The van der Waals surface area contributed by atoms with Gasteiger partial charge in [-0.05, 0) is 80.9 Å². The first-order valence-corrected chi connectivity index (χ1v) is 12.8.